The topological polar surface area (TPSA) is 134 Å². The third-order valence-corrected chi connectivity index (χ3v) is 3.52. The number of nitrogens with one attached hydrogen (secondary N) is 2. The number of hydrogen-bond acceptors (Lipinski definition) is 5. The molecule has 8 nitrogen and oxygen atoms in total. The normalized spacial score (nSPS) is 11.7. The standard InChI is InChI=1S/C11H16N4O4S/c1-5-6(2)20-11(13-5)15-10(19)14-7(9(17)18)3-4-8(12)16/h7H,3-4H2,1-2H3,(H2,12,16)(H,17,18)(H2,13,14,15,19)/t7-/m0/s1. The first kappa shape index (κ1) is 15.9. The van der Waals surface area contributed by atoms with Crippen LogP contribution in [-0.4, -0.2) is 34.0 Å². The number of aryl methyl sites for hydroxylation is 2. The van der Waals surface area contributed by atoms with Gasteiger partial charge in [0.05, 0.1) is 5.69 Å². The van der Waals surface area contributed by atoms with Gasteiger partial charge in [-0.25, -0.2) is 14.6 Å². The van der Waals surface area contributed by atoms with Gasteiger partial charge in [0.25, 0.3) is 0 Å². The number of urea groups is 1. The number of rotatable bonds is 6. The molecule has 0 radical (unpaired) electrons. The molecule has 1 aromatic rings. The number of hydrogen-bond donors (Lipinski definition) is 4. The molecule has 0 aliphatic rings. The molecule has 1 rings (SSSR count). The minimum atomic E-state index is -1.23. The zero-order valence-corrected chi connectivity index (χ0v) is 11.9. The van der Waals surface area contributed by atoms with Gasteiger partial charge in [-0.1, -0.05) is 0 Å². The van der Waals surface area contributed by atoms with Crippen LogP contribution in [0.5, 0.6) is 0 Å². The molecule has 9 heteroatoms. The second-order valence-corrected chi connectivity index (χ2v) is 5.36. The van der Waals surface area contributed by atoms with E-state index in [0.29, 0.717) is 5.13 Å². The minimum Gasteiger partial charge on any atom is -0.480 e. The summed E-state index contributed by atoms with van der Waals surface area (Å²) < 4.78 is 0. The summed E-state index contributed by atoms with van der Waals surface area (Å²) in [7, 11) is 0. The maximum absolute atomic E-state index is 11.7. The Morgan fingerprint density at radius 1 is 1.40 bits per heavy atom. The zero-order chi connectivity index (χ0) is 15.3. The van der Waals surface area contributed by atoms with Gasteiger partial charge in [0, 0.05) is 11.3 Å². The molecule has 0 saturated heterocycles. The summed E-state index contributed by atoms with van der Waals surface area (Å²) in [5.41, 5.74) is 5.75. The second kappa shape index (κ2) is 6.85. The van der Waals surface area contributed by atoms with Crippen molar-refractivity contribution < 1.29 is 19.5 Å². The highest BCUT2D eigenvalue weighted by Crippen LogP contribution is 2.20. The van der Waals surface area contributed by atoms with E-state index in [0.717, 1.165) is 10.6 Å². The van der Waals surface area contributed by atoms with E-state index in [1.54, 1.807) is 0 Å². The van der Waals surface area contributed by atoms with Gasteiger partial charge in [0.2, 0.25) is 5.91 Å². The van der Waals surface area contributed by atoms with Crippen LogP contribution < -0.4 is 16.4 Å². The van der Waals surface area contributed by atoms with Gasteiger partial charge < -0.3 is 16.2 Å². The average molecular weight is 300 g/mol. The number of carboxylic acid groups (broad SMARTS) is 1. The Hall–Kier alpha value is -2.16. The van der Waals surface area contributed by atoms with Crippen LogP contribution in [0.1, 0.15) is 23.4 Å². The molecule has 0 bridgehead atoms. The fraction of sp³-hybridized carbons (Fsp3) is 0.455. The fourth-order valence-corrected chi connectivity index (χ4v) is 2.17. The summed E-state index contributed by atoms with van der Waals surface area (Å²) in [5.74, 6) is -1.85. The maximum atomic E-state index is 11.7. The van der Waals surface area contributed by atoms with E-state index in [2.05, 4.69) is 15.6 Å². The van der Waals surface area contributed by atoms with Crippen LogP contribution in [0.3, 0.4) is 0 Å². The molecule has 1 heterocycles. The van der Waals surface area contributed by atoms with Crippen molar-refractivity contribution in [3.05, 3.63) is 10.6 Å². The third-order valence-electron chi connectivity index (χ3n) is 2.53. The Kier molecular flexibility index (Phi) is 5.44. The van der Waals surface area contributed by atoms with E-state index >= 15 is 0 Å². The molecule has 1 aromatic heterocycles. The van der Waals surface area contributed by atoms with E-state index in [1.165, 1.54) is 11.3 Å². The van der Waals surface area contributed by atoms with Crippen molar-refractivity contribution in [2.75, 3.05) is 5.32 Å². The van der Waals surface area contributed by atoms with Gasteiger partial charge >= 0.3 is 12.0 Å². The number of carboxylic acids is 1. The van der Waals surface area contributed by atoms with Crippen LogP contribution in [0.4, 0.5) is 9.93 Å². The van der Waals surface area contributed by atoms with Crippen molar-refractivity contribution in [1.82, 2.24) is 10.3 Å². The van der Waals surface area contributed by atoms with Crippen molar-refractivity contribution >= 4 is 34.4 Å². The number of anilines is 1. The average Bonchev–Trinajstić information content (AvgIpc) is 2.62. The predicted octanol–water partition coefficient (Wildman–Crippen LogP) is 0.600. The van der Waals surface area contributed by atoms with Gasteiger partial charge in [-0.3, -0.25) is 10.1 Å². The number of nitrogens with two attached hydrogens (primary N) is 1. The SMILES string of the molecule is Cc1nc(NC(=O)N[C@@H](CCC(N)=O)C(=O)O)sc1C. The van der Waals surface area contributed by atoms with E-state index in [4.69, 9.17) is 10.8 Å². The molecular formula is C11H16N4O4S. The number of primary amides is 1. The maximum Gasteiger partial charge on any atom is 0.326 e. The summed E-state index contributed by atoms with van der Waals surface area (Å²) in [4.78, 5) is 38.3. The smallest absolute Gasteiger partial charge is 0.326 e. The van der Waals surface area contributed by atoms with Crippen molar-refractivity contribution in [2.24, 2.45) is 5.73 Å². The van der Waals surface area contributed by atoms with E-state index in [1.807, 2.05) is 13.8 Å². The number of aromatic nitrogens is 1. The molecule has 0 saturated carbocycles. The van der Waals surface area contributed by atoms with Gasteiger partial charge in [0.1, 0.15) is 6.04 Å². The predicted molar refractivity (Wildman–Crippen MR) is 73.6 cm³/mol. The molecule has 5 N–H and O–H groups in total. The van der Waals surface area contributed by atoms with Crippen LogP contribution in [0.2, 0.25) is 0 Å². The number of nitrogens with zero attached hydrogens (tertiary/aromatic N) is 1. The van der Waals surface area contributed by atoms with E-state index in [9.17, 15) is 14.4 Å². The first-order chi connectivity index (χ1) is 9.29. The van der Waals surface area contributed by atoms with Gasteiger partial charge in [-0.15, -0.1) is 11.3 Å². The molecule has 0 aliphatic carbocycles. The fourth-order valence-electron chi connectivity index (χ4n) is 1.36. The van der Waals surface area contributed by atoms with Crippen molar-refractivity contribution in [1.29, 1.82) is 0 Å². The van der Waals surface area contributed by atoms with Gasteiger partial charge in [-0.05, 0) is 20.3 Å². The number of thiazole rings is 1. The molecule has 110 valence electrons. The van der Waals surface area contributed by atoms with Crippen LogP contribution in [0, 0.1) is 13.8 Å². The van der Waals surface area contributed by atoms with Crippen LogP contribution >= 0.6 is 11.3 Å². The lowest BCUT2D eigenvalue weighted by Gasteiger charge is -2.13. The lowest BCUT2D eigenvalue weighted by Crippen LogP contribution is -2.43. The highest BCUT2D eigenvalue weighted by Gasteiger charge is 2.21. The molecular weight excluding hydrogens is 284 g/mol. The Bertz CT molecular complexity index is 509. The summed E-state index contributed by atoms with van der Waals surface area (Å²) >= 11 is 1.29. The molecule has 0 aromatic carbocycles. The Morgan fingerprint density at radius 3 is 2.50 bits per heavy atom. The molecule has 0 aliphatic heterocycles. The molecule has 0 unspecified atom stereocenters. The highest BCUT2D eigenvalue weighted by molar-refractivity contribution is 7.15. The summed E-state index contributed by atoms with van der Waals surface area (Å²) in [5, 5.41) is 14.0. The monoisotopic (exact) mass is 300 g/mol. The molecule has 0 spiro atoms. The zero-order valence-electron chi connectivity index (χ0n) is 11.1. The largest absolute Gasteiger partial charge is 0.480 e. The van der Waals surface area contributed by atoms with Crippen molar-refractivity contribution in [2.45, 2.75) is 32.7 Å². The van der Waals surface area contributed by atoms with Crippen LogP contribution in [0.25, 0.3) is 0 Å². The lowest BCUT2D eigenvalue weighted by atomic mass is 10.1. The number of carbonyl (C=O) groups excluding carboxylic acids is 2. The van der Waals surface area contributed by atoms with Gasteiger partial charge in [-0.2, -0.15) is 0 Å². The lowest BCUT2D eigenvalue weighted by molar-refractivity contribution is -0.139. The second-order valence-electron chi connectivity index (χ2n) is 4.15. The Balaban J connectivity index is 2.57. The first-order valence-corrected chi connectivity index (χ1v) is 6.64. The summed E-state index contributed by atoms with van der Waals surface area (Å²) in [6, 6.07) is -1.86. The number of carbonyl (C=O) groups is 3. The van der Waals surface area contributed by atoms with E-state index in [-0.39, 0.29) is 12.8 Å². The van der Waals surface area contributed by atoms with Crippen molar-refractivity contribution in [3.8, 4) is 0 Å². The Labute approximate surface area is 119 Å². The Morgan fingerprint density at radius 2 is 2.05 bits per heavy atom. The van der Waals surface area contributed by atoms with Crippen molar-refractivity contribution in [3.63, 3.8) is 0 Å². The molecule has 1 atom stereocenters. The van der Waals surface area contributed by atoms with Crippen LogP contribution in [0.15, 0.2) is 0 Å². The molecule has 3 amide bonds. The summed E-state index contributed by atoms with van der Waals surface area (Å²) in [6.07, 6.45) is -0.180. The number of amides is 3. The minimum absolute atomic E-state index is 0.0615. The quantitative estimate of drug-likeness (QED) is 0.610. The molecule has 0 fully saturated rings. The summed E-state index contributed by atoms with van der Waals surface area (Å²) in [6.45, 7) is 3.67. The third kappa shape index (κ3) is 4.84. The van der Waals surface area contributed by atoms with Gasteiger partial charge in [0.15, 0.2) is 5.13 Å². The highest BCUT2D eigenvalue weighted by atomic mass is 32.1. The number of aliphatic carboxylic acids is 1. The molecule has 20 heavy (non-hydrogen) atoms. The van der Waals surface area contributed by atoms with E-state index < -0.39 is 23.9 Å². The van der Waals surface area contributed by atoms with Crippen LogP contribution in [-0.2, 0) is 9.59 Å². The first-order valence-electron chi connectivity index (χ1n) is 5.82.